The van der Waals surface area contributed by atoms with Crippen LogP contribution in [0.2, 0.25) is 0 Å². The molecule has 0 bridgehead atoms. The van der Waals surface area contributed by atoms with E-state index in [1.54, 1.807) is 60.7 Å². The van der Waals surface area contributed by atoms with Gasteiger partial charge in [0.2, 0.25) is 5.91 Å². The van der Waals surface area contributed by atoms with Gasteiger partial charge < -0.3 is 10.1 Å². The molecule has 0 fully saturated rings. The highest BCUT2D eigenvalue weighted by atomic mass is 79.9. The third kappa shape index (κ3) is 7.16. The Bertz CT molecular complexity index is 1280. The van der Waals surface area contributed by atoms with E-state index < -0.39 is 28.4 Å². The zero-order chi connectivity index (χ0) is 25.4. The van der Waals surface area contributed by atoms with E-state index in [4.69, 9.17) is 4.74 Å². The highest BCUT2D eigenvalue weighted by Gasteiger charge is 2.27. The topological polar surface area (TPSA) is 92.8 Å². The van der Waals surface area contributed by atoms with Gasteiger partial charge in [0, 0.05) is 10.2 Å². The molecule has 1 amide bonds. The fourth-order valence-corrected chi connectivity index (χ4v) is 5.00. The van der Waals surface area contributed by atoms with Gasteiger partial charge in [0.05, 0.1) is 22.8 Å². The predicted molar refractivity (Wildman–Crippen MR) is 140 cm³/mol. The third-order valence-corrected chi connectivity index (χ3v) is 7.41. The van der Waals surface area contributed by atoms with Crippen molar-refractivity contribution in [1.29, 1.82) is 0 Å². The van der Waals surface area contributed by atoms with Crippen LogP contribution in [-0.2, 0) is 19.6 Å². The highest BCUT2D eigenvalue weighted by Crippen LogP contribution is 2.26. The first-order valence-corrected chi connectivity index (χ1v) is 13.4. The summed E-state index contributed by atoms with van der Waals surface area (Å²) < 4.78 is 33.8. The molecule has 9 heteroatoms. The van der Waals surface area contributed by atoms with Gasteiger partial charge in [-0.05, 0) is 67.9 Å². The largest absolute Gasteiger partial charge is 0.462 e. The number of nitrogens with zero attached hydrogens (tertiary/aromatic N) is 1. The lowest BCUT2D eigenvalue weighted by Gasteiger charge is -2.24. The van der Waals surface area contributed by atoms with E-state index in [1.807, 2.05) is 13.8 Å². The molecule has 3 aromatic rings. The minimum atomic E-state index is -4.01. The van der Waals surface area contributed by atoms with Gasteiger partial charge in [-0.3, -0.25) is 9.10 Å². The number of benzene rings is 3. The number of hydrogen-bond acceptors (Lipinski definition) is 5. The van der Waals surface area contributed by atoms with Gasteiger partial charge in [0.1, 0.15) is 6.54 Å². The molecule has 184 valence electrons. The Morgan fingerprint density at radius 3 is 2.31 bits per heavy atom. The molecule has 0 aliphatic rings. The summed E-state index contributed by atoms with van der Waals surface area (Å²) in [5, 5.41) is 2.70. The van der Waals surface area contributed by atoms with E-state index in [9.17, 15) is 18.0 Å². The maximum absolute atomic E-state index is 13.5. The van der Waals surface area contributed by atoms with Crippen LogP contribution < -0.4 is 9.62 Å². The molecule has 0 atom stereocenters. The van der Waals surface area contributed by atoms with Crippen LogP contribution >= 0.6 is 15.9 Å². The van der Waals surface area contributed by atoms with Crippen LogP contribution in [0.3, 0.4) is 0 Å². The number of rotatable bonds is 10. The maximum atomic E-state index is 13.5. The number of carbonyl (C=O) groups is 2. The Morgan fingerprint density at radius 1 is 1.00 bits per heavy atom. The molecule has 0 saturated carbocycles. The van der Waals surface area contributed by atoms with Crippen LogP contribution in [0.5, 0.6) is 0 Å². The number of unbranched alkanes of at least 4 members (excludes halogenated alkanes) is 1. The fraction of sp³-hybridized carbons (Fsp3) is 0.231. The molecule has 0 aromatic heterocycles. The molecule has 0 heterocycles. The van der Waals surface area contributed by atoms with Gasteiger partial charge in [-0.15, -0.1) is 0 Å². The van der Waals surface area contributed by atoms with Gasteiger partial charge >= 0.3 is 5.97 Å². The summed E-state index contributed by atoms with van der Waals surface area (Å²) >= 11 is 3.36. The number of anilines is 2. The smallest absolute Gasteiger partial charge is 0.338 e. The second-order valence-corrected chi connectivity index (χ2v) is 10.7. The number of nitrogens with one attached hydrogen (secondary N) is 1. The minimum absolute atomic E-state index is 0.0850. The Balaban J connectivity index is 1.78. The number of sulfonamides is 1. The van der Waals surface area contributed by atoms with E-state index in [2.05, 4.69) is 21.2 Å². The van der Waals surface area contributed by atoms with Gasteiger partial charge in [-0.25, -0.2) is 13.2 Å². The van der Waals surface area contributed by atoms with E-state index in [-0.39, 0.29) is 4.90 Å². The molecule has 0 unspecified atom stereocenters. The van der Waals surface area contributed by atoms with Crippen molar-refractivity contribution in [2.24, 2.45) is 0 Å². The highest BCUT2D eigenvalue weighted by molar-refractivity contribution is 9.10. The van der Waals surface area contributed by atoms with Crippen molar-refractivity contribution in [3.63, 3.8) is 0 Å². The lowest BCUT2D eigenvalue weighted by molar-refractivity contribution is -0.114. The number of amides is 1. The Hall–Kier alpha value is -3.17. The lowest BCUT2D eigenvalue weighted by Crippen LogP contribution is -2.38. The molecule has 1 N–H and O–H groups in total. The lowest BCUT2D eigenvalue weighted by atomic mass is 10.2. The molecule has 3 rings (SSSR count). The predicted octanol–water partition coefficient (Wildman–Crippen LogP) is 5.55. The van der Waals surface area contributed by atoms with Crippen molar-refractivity contribution in [2.45, 2.75) is 31.6 Å². The molecule has 3 aromatic carbocycles. The van der Waals surface area contributed by atoms with Crippen LogP contribution in [0.15, 0.2) is 82.2 Å². The summed E-state index contributed by atoms with van der Waals surface area (Å²) in [6.45, 7) is 3.80. The van der Waals surface area contributed by atoms with Crippen LogP contribution in [-0.4, -0.2) is 33.4 Å². The number of carbonyl (C=O) groups excluding carboxylic acids is 2. The summed E-state index contributed by atoms with van der Waals surface area (Å²) in [6, 6.07) is 19.5. The van der Waals surface area contributed by atoms with Crippen LogP contribution in [0, 0.1) is 6.92 Å². The molecular formula is C26H27BrN2O5S. The van der Waals surface area contributed by atoms with Crippen molar-refractivity contribution in [3.8, 4) is 0 Å². The van der Waals surface area contributed by atoms with Crippen LogP contribution in [0.1, 0.15) is 35.7 Å². The normalized spacial score (nSPS) is 11.1. The van der Waals surface area contributed by atoms with Gasteiger partial charge in [-0.1, -0.05) is 53.0 Å². The molecule has 35 heavy (non-hydrogen) atoms. The van der Waals surface area contributed by atoms with Crippen molar-refractivity contribution >= 4 is 49.2 Å². The Morgan fingerprint density at radius 2 is 1.69 bits per heavy atom. The average molecular weight is 559 g/mol. The second kappa shape index (κ2) is 12.0. The molecule has 7 nitrogen and oxygen atoms in total. The average Bonchev–Trinajstić information content (AvgIpc) is 2.83. The van der Waals surface area contributed by atoms with Gasteiger partial charge in [0.15, 0.2) is 0 Å². The standard InChI is InChI=1S/C26H27BrN2O5S/c1-3-4-16-34-26(31)20-10-12-22(13-11-20)28-25(30)18-29(23-7-5-6-21(27)17-23)35(32,33)24-14-8-19(2)9-15-24/h5-15,17H,3-4,16,18H2,1-2H3,(H,28,30). The first kappa shape index (κ1) is 26.4. The van der Waals surface area contributed by atoms with Gasteiger partial charge in [0.25, 0.3) is 10.0 Å². The number of esters is 1. The second-order valence-electron chi connectivity index (χ2n) is 7.92. The zero-order valence-corrected chi connectivity index (χ0v) is 21.9. The van der Waals surface area contributed by atoms with E-state index in [0.29, 0.717) is 28.0 Å². The summed E-state index contributed by atoms with van der Waals surface area (Å²) in [5.41, 5.74) is 2.08. The van der Waals surface area contributed by atoms with E-state index >= 15 is 0 Å². The first-order valence-electron chi connectivity index (χ1n) is 11.1. The molecular weight excluding hydrogens is 532 g/mol. The zero-order valence-electron chi connectivity index (χ0n) is 19.5. The summed E-state index contributed by atoms with van der Waals surface area (Å²) in [5.74, 6) is -0.958. The van der Waals surface area contributed by atoms with Crippen molar-refractivity contribution in [1.82, 2.24) is 0 Å². The number of ether oxygens (including phenoxy) is 1. The minimum Gasteiger partial charge on any atom is -0.462 e. The fourth-order valence-electron chi connectivity index (χ4n) is 3.20. The Kier molecular flexibility index (Phi) is 9.06. The van der Waals surface area contributed by atoms with E-state index in [0.717, 1.165) is 22.7 Å². The van der Waals surface area contributed by atoms with Crippen molar-refractivity contribution in [2.75, 3.05) is 22.8 Å². The van der Waals surface area contributed by atoms with E-state index in [1.165, 1.54) is 12.1 Å². The van der Waals surface area contributed by atoms with Crippen molar-refractivity contribution in [3.05, 3.63) is 88.4 Å². The van der Waals surface area contributed by atoms with Crippen LogP contribution in [0.25, 0.3) is 0 Å². The van der Waals surface area contributed by atoms with Crippen molar-refractivity contribution < 1.29 is 22.7 Å². The maximum Gasteiger partial charge on any atom is 0.338 e. The first-order chi connectivity index (χ1) is 16.7. The van der Waals surface area contributed by atoms with Gasteiger partial charge in [-0.2, -0.15) is 0 Å². The summed E-state index contributed by atoms with van der Waals surface area (Å²) in [4.78, 5) is 25.0. The SMILES string of the molecule is CCCCOC(=O)c1ccc(NC(=O)CN(c2cccc(Br)c2)S(=O)(=O)c2ccc(C)cc2)cc1. The quantitative estimate of drug-likeness (QED) is 0.260. The molecule has 0 aliphatic heterocycles. The third-order valence-electron chi connectivity index (χ3n) is 5.13. The Labute approximate surface area is 214 Å². The summed E-state index contributed by atoms with van der Waals surface area (Å²) in [7, 11) is -4.01. The number of aryl methyl sites for hydroxylation is 1. The molecule has 0 radical (unpaired) electrons. The van der Waals surface area contributed by atoms with Crippen LogP contribution in [0.4, 0.5) is 11.4 Å². The molecule has 0 spiro atoms. The molecule has 0 aliphatic carbocycles. The number of hydrogen-bond donors (Lipinski definition) is 1. The number of halogens is 1. The molecule has 0 saturated heterocycles. The summed E-state index contributed by atoms with van der Waals surface area (Å²) in [6.07, 6.45) is 1.72. The monoisotopic (exact) mass is 558 g/mol.